The van der Waals surface area contributed by atoms with Crippen LogP contribution in [0.1, 0.15) is 50.2 Å². The third-order valence-corrected chi connectivity index (χ3v) is 4.41. The first kappa shape index (κ1) is 15.8. The molecule has 0 heterocycles. The van der Waals surface area contributed by atoms with Gasteiger partial charge in [-0.3, -0.25) is 0 Å². The molecule has 1 aromatic rings. The van der Waals surface area contributed by atoms with Crippen LogP contribution in [0.3, 0.4) is 0 Å². The molecule has 0 aliphatic heterocycles. The first-order chi connectivity index (χ1) is 10.1. The van der Waals surface area contributed by atoms with E-state index < -0.39 is 11.6 Å². The van der Waals surface area contributed by atoms with Gasteiger partial charge in [0.25, 0.3) is 0 Å². The smallest absolute Gasteiger partial charge is 0.338 e. The Balaban J connectivity index is 2.43. The first-order valence-corrected chi connectivity index (χ1v) is 7.63. The molecular weight excluding hydrogens is 268 g/mol. The zero-order valence-electron chi connectivity index (χ0n) is 13.0. The highest BCUT2D eigenvalue weighted by Gasteiger charge is 2.46. The zero-order valence-corrected chi connectivity index (χ0v) is 13.0. The fraction of sp³-hybridized carbons (Fsp3) is 0.588. The minimum Gasteiger partial charge on any atom is -0.497 e. The van der Waals surface area contributed by atoms with Crippen molar-refractivity contribution in [2.45, 2.75) is 51.0 Å². The van der Waals surface area contributed by atoms with Gasteiger partial charge in [-0.1, -0.05) is 13.0 Å². The molecule has 0 saturated carbocycles. The summed E-state index contributed by atoms with van der Waals surface area (Å²) in [7, 11) is 1.62. The van der Waals surface area contributed by atoms with Gasteiger partial charge < -0.3 is 14.6 Å². The summed E-state index contributed by atoms with van der Waals surface area (Å²) in [6.07, 6.45) is 3.06. The standard InChI is InChI=1S/C17H24O4/c1-4-17(19,16(18)21-5-2)15-8-6-7-12-9-10-13(20-3)11-14(12)15/h9-11,15,19H,4-8H2,1-3H3. The molecule has 0 radical (unpaired) electrons. The second kappa shape index (κ2) is 6.48. The van der Waals surface area contributed by atoms with E-state index in [0.29, 0.717) is 6.42 Å². The van der Waals surface area contributed by atoms with Gasteiger partial charge in [0.2, 0.25) is 0 Å². The van der Waals surface area contributed by atoms with Gasteiger partial charge in [0, 0.05) is 5.92 Å². The normalized spacial score (nSPS) is 20.3. The van der Waals surface area contributed by atoms with Gasteiger partial charge in [0.05, 0.1) is 13.7 Å². The summed E-state index contributed by atoms with van der Waals surface area (Å²) >= 11 is 0. The van der Waals surface area contributed by atoms with E-state index in [1.165, 1.54) is 5.56 Å². The number of fused-ring (bicyclic) bond motifs is 1. The molecule has 0 saturated heterocycles. The van der Waals surface area contributed by atoms with Crippen LogP contribution in [0.5, 0.6) is 5.75 Å². The van der Waals surface area contributed by atoms with E-state index in [-0.39, 0.29) is 12.5 Å². The second-order valence-corrected chi connectivity index (χ2v) is 5.51. The van der Waals surface area contributed by atoms with Crippen LogP contribution in [0.2, 0.25) is 0 Å². The summed E-state index contributed by atoms with van der Waals surface area (Å²) in [5.74, 6) is -0.00321. The molecule has 1 aromatic carbocycles. The van der Waals surface area contributed by atoms with Crippen molar-refractivity contribution < 1.29 is 19.4 Å². The third kappa shape index (κ3) is 2.91. The molecular formula is C17H24O4. The number of esters is 1. The molecule has 1 aliphatic rings. The van der Waals surface area contributed by atoms with Crippen molar-refractivity contribution in [3.63, 3.8) is 0 Å². The Kier molecular flexibility index (Phi) is 4.88. The largest absolute Gasteiger partial charge is 0.497 e. The van der Waals surface area contributed by atoms with Crippen LogP contribution in [0.15, 0.2) is 18.2 Å². The highest BCUT2D eigenvalue weighted by Crippen LogP contribution is 2.42. The number of carbonyl (C=O) groups is 1. The van der Waals surface area contributed by atoms with E-state index in [0.717, 1.165) is 30.6 Å². The molecule has 4 nitrogen and oxygen atoms in total. The molecule has 21 heavy (non-hydrogen) atoms. The Hall–Kier alpha value is -1.55. The number of methoxy groups -OCH3 is 1. The van der Waals surface area contributed by atoms with E-state index >= 15 is 0 Å². The topological polar surface area (TPSA) is 55.8 Å². The fourth-order valence-electron chi connectivity index (χ4n) is 3.19. The Bertz CT molecular complexity index is 512. The monoisotopic (exact) mass is 292 g/mol. The van der Waals surface area contributed by atoms with Gasteiger partial charge in [0.1, 0.15) is 5.75 Å². The van der Waals surface area contributed by atoms with Crippen molar-refractivity contribution in [2.24, 2.45) is 0 Å². The molecule has 0 amide bonds. The van der Waals surface area contributed by atoms with Crippen molar-refractivity contribution in [1.29, 1.82) is 0 Å². The fourth-order valence-corrected chi connectivity index (χ4v) is 3.19. The number of aliphatic hydroxyl groups is 1. The number of ether oxygens (including phenoxy) is 2. The Morgan fingerprint density at radius 2 is 2.19 bits per heavy atom. The predicted molar refractivity (Wildman–Crippen MR) is 80.5 cm³/mol. The summed E-state index contributed by atoms with van der Waals surface area (Å²) in [5.41, 5.74) is 0.735. The lowest BCUT2D eigenvalue weighted by molar-refractivity contribution is -0.168. The van der Waals surface area contributed by atoms with Gasteiger partial charge in [-0.15, -0.1) is 0 Å². The van der Waals surface area contributed by atoms with Gasteiger partial charge >= 0.3 is 5.97 Å². The van der Waals surface area contributed by atoms with E-state index in [1.807, 2.05) is 25.1 Å². The zero-order chi connectivity index (χ0) is 15.5. The maximum Gasteiger partial charge on any atom is 0.338 e. The van der Waals surface area contributed by atoms with Gasteiger partial charge in [-0.05, 0) is 55.9 Å². The highest BCUT2D eigenvalue weighted by atomic mass is 16.5. The Labute approximate surface area is 126 Å². The Morgan fingerprint density at radius 3 is 2.81 bits per heavy atom. The average Bonchev–Trinajstić information content (AvgIpc) is 2.53. The minimum atomic E-state index is -1.46. The highest BCUT2D eigenvalue weighted by molar-refractivity contribution is 5.81. The predicted octanol–water partition coefficient (Wildman–Crippen LogP) is 2.82. The van der Waals surface area contributed by atoms with Crippen LogP contribution in [-0.2, 0) is 16.0 Å². The average molecular weight is 292 g/mol. The molecule has 2 atom stereocenters. The molecule has 116 valence electrons. The summed E-state index contributed by atoms with van der Waals surface area (Å²) in [5, 5.41) is 10.9. The maximum atomic E-state index is 12.3. The summed E-state index contributed by atoms with van der Waals surface area (Å²) < 4.78 is 10.4. The first-order valence-electron chi connectivity index (χ1n) is 7.63. The van der Waals surface area contributed by atoms with Gasteiger partial charge in [0.15, 0.2) is 5.60 Å². The number of rotatable bonds is 5. The maximum absolute atomic E-state index is 12.3. The van der Waals surface area contributed by atoms with Crippen LogP contribution in [-0.4, -0.2) is 30.4 Å². The number of hydrogen-bond acceptors (Lipinski definition) is 4. The van der Waals surface area contributed by atoms with E-state index in [9.17, 15) is 9.90 Å². The van der Waals surface area contributed by atoms with Crippen molar-refractivity contribution in [3.8, 4) is 5.75 Å². The number of hydrogen-bond donors (Lipinski definition) is 1. The van der Waals surface area contributed by atoms with Crippen molar-refractivity contribution in [3.05, 3.63) is 29.3 Å². The molecule has 0 bridgehead atoms. The molecule has 2 rings (SSSR count). The van der Waals surface area contributed by atoms with Crippen LogP contribution in [0.4, 0.5) is 0 Å². The van der Waals surface area contributed by atoms with Crippen LogP contribution in [0.25, 0.3) is 0 Å². The number of carbonyl (C=O) groups excluding carboxylic acids is 1. The summed E-state index contributed by atoms with van der Waals surface area (Å²) in [4.78, 5) is 12.3. The van der Waals surface area contributed by atoms with Crippen molar-refractivity contribution in [2.75, 3.05) is 13.7 Å². The quantitative estimate of drug-likeness (QED) is 0.848. The lowest BCUT2D eigenvalue weighted by atomic mass is 9.72. The molecule has 2 unspecified atom stereocenters. The lowest BCUT2D eigenvalue weighted by Gasteiger charge is -2.37. The summed E-state index contributed by atoms with van der Waals surface area (Å²) in [6, 6.07) is 5.90. The van der Waals surface area contributed by atoms with Crippen LogP contribution < -0.4 is 4.74 Å². The molecule has 1 aliphatic carbocycles. The molecule has 0 spiro atoms. The van der Waals surface area contributed by atoms with Crippen LogP contribution in [0, 0.1) is 0 Å². The SMILES string of the molecule is CCOC(=O)C(O)(CC)C1CCCc2ccc(OC)cc21. The van der Waals surface area contributed by atoms with Gasteiger partial charge in [-0.25, -0.2) is 4.79 Å². The van der Waals surface area contributed by atoms with E-state index in [2.05, 4.69) is 0 Å². The molecule has 1 N–H and O–H groups in total. The Morgan fingerprint density at radius 1 is 1.43 bits per heavy atom. The second-order valence-electron chi connectivity index (χ2n) is 5.51. The summed E-state index contributed by atoms with van der Waals surface area (Å²) in [6.45, 7) is 3.86. The van der Waals surface area contributed by atoms with Crippen LogP contribution >= 0.6 is 0 Å². The van der Waals surface area contributed by atoms with Crippen molar-refractivity contribution >= 4 is 5.97 Å². The lowest BCUT2D eigenvalue weighted by Crippen LogP contribution is -2.46. The van der Waals surface area contributed by atoms with E-state index in [1.54, 1.807) is 14.0 Å². The minimum absolute atomic E-state index is 0.236. The molecule has 4 heteroatoms. The molecule has 0 fully saturated rings. The number of aryl methyl sites for hydroxylation is 1. The third-order valence-electron chi connectivity index (χ3n) is 4.41. The van der Waals surface area contributed by atoms with E-state index in [4.69, 9.17) is 9.47 Å². The molecule has 0 aromatic heterocycles. The number of benzene rings is 1. The van der Waals surface area contributed by atoms with Gasteiger partial charge in [-0.2, -0.15) is 0 Å². The van der Waals surface area contributed by atoms with Crippen molar-refractivity contribution in [1.82, 2.24) is 0 Å².